The first-order chi connectivity index (χ1) is 6.24. The Morgan fingerprint density at radius 2 is 2.00 bits per heavy atom. The molecule has 0 aliphatic heterocycles. The van der Waals surface area contributed by atoms with E-state index in [1.807, 2.05) is 0 Å². The van der Waals surface area contributed by atoms with Crippen LogP contribution in [-0.2, 0) is 19.3 Å². The SMILES string of the molecule is C=C(C)C(=O)NS(=O)(=O)OCC(C)C. The summed E-state index contributed by atoms with van der Waals surface area (Å²) >= 11 is 0. The monoisotopic (exact) mass is 221 g/mol. The average molecular weight is 221 g/mol. The summed E-state index contributed by atoms with van der Waals surface area (Å²) < 4.78 is 28.3. The summed E-state index contributed by atoms with van der Waals surface area (Å²) in [6, 6.07) is 0. The fraction of sp³-hybridized carbons (Fsp3) is 0.625. The maximum absolute atomic E-state index is 11.1. The van der Waals surface area contributed by atoms with Crippen molar-refractivity contribution in [1.82, 2.24) is 4.72 Å². The average Bonchev–Trinajstić information content (AvgIpc) is 2.00. The van der Waals surface area contributed by atoms with Crippen LogP contribution in [-0.4, -0.2) is 20.9 Å². The van der Waals surface area contributed by atoms with Gasteiger partial charge in [-0.25, -0.2) is 4.72 Å². The normalized spacial score (nSPS) is 11.4. The molecule has 0 atom stereocenters. The Kier molecular flexibility index (Phi) is 4.79. The standard InChI is InChI=1S/C8H15NO4S/c1-6(2)5-13-14(11,12)9-8(10)7(3)4/h6H,3,5H2,1-2,4H3,(H,9,10). The van der Waals surface area contributed by atoms with E-state index in [2.05, 4.69) is 10.8 Å². The largest absolute Gasteiger partial charge is 0.362 e. The number of rotatable bonds is 5. The van der Waals surface area contributed by atoms with E-state index in [1.54, 1.807) is 18.6 Å². The molecule has 0 bridgehead atoms. The minimum absolute atomic E-state index is 0.0405. The quantitative estimate of drug-likeness (QED) is 0.690. The minimum Gasteiger partial charge on any atom is -0.269 e. The summed E-state index contributed by atoms with van der Waals surface area (Å²) in [7, 11) is -3.98. The minimum atomic E-state index is -3.98. The molecule has 6 heteroatoms. The Labute approximate surface area is 84.4 Å². The molecule has 82 valence electrons. The van der Waals surface area contributed by atoms with E-state index >= 15 is 0 Å². The Morgan fingerprint density at radius 1 is 1.50 bits per heavy atom. The molecule has 0 unspecified atom stereocenters. The Bertz CT molecular complexity index is 318. The van der Waals surface area contributed by atoms with Crippen molar-refractivity contribution in [3.05, 3.63) is 12.2 Å². The van der Waals surface area contributed by atoms with E-state index in [0.29, 0.717) is 0 Å². The highest BCUT2D eigenvalue weighted by Gasteiger charge is 2.15. The summed E-state index contributed by atoms with van der Waals surface area (Å²) in [5, 5.41) is 0. The molecule has 0 aromatic carbocycles. The fourth-order valence-electron chi connectivity index (χ4n) is 0.456. The van der Waals surface area contributed by atoms with Crippen molar-refractivity contribution in [3.8, 4) is 0 Å². The second kappa shape index (κ2) is 5.11. The lowest BCUT2D eigenvalue weighted by atomic mass is 10.2. The van der Waals surface area contributed by atoms with Crippen LogP contribution in [0.15, 0.2) is 12.2 Å². The van der Waals surface area contributed by atoms with E-state index in [0.717, 1.165) is 0 Å². The highest BCUT2D eigenvalue weighted by Crippen LogP contribution is 1.98. The third-order valence-corrected chi connectivity index (χ3v) is 2.04. The molecule has 0 saturated heterocycles. The molecule has 0 radical (unpaired) electrons. The van der Waals surface area contributed by atoms with Crippen LogP contribution in [0.5, 0.6) is 0 Å². The zero-order valence-electron chi connectivity index (χ0n) is 8.53. The molecule has 0 fully saturated rings. The van der Waals surface area contributed by atoms with Gasteiger partial charge in [0.25, 0.3) is 5.91 Å². The number of hydrogen-bond donors (Lipinski definition) is 1. The second-order valence-corrected chi connectivity index (χ2v) is 4.69. The number of amides is 1. The lowest BCUT2D eigenvalue weighted by Crippen LogP contribution is -2.33. The van der Waals surface area contributed by atoms with Crippen molar-refractivity contribution in [2.45, 2.75) is 20.8 Å². The van der Waals surface area contributed by atoms with Gasteiger partial charge in [0.05, 0.1) is 6.61 Å². The third kappa shape index (κ3) is 5.71. The molecule has 0 aliphatic carbocycles. The third-order valence-electron chi connectivity index (χ3n) is 1.16. The molecule has 0 saturated carbocycles. The summed E-state index contributed by atoms with van der Waals surface area (Å²) in [5.41, 5.74) is 0.113. The number of nitrogens with one attached hydrogen (secondary N) is 1. The molecule has 0 rings (SSSR count). The van der Waals surface area contributed by atoms with Gasteiger partial charge in [-0.1, -0.05) is 20.4 Å². The number of carbonyl (C=O) groups is 1. The van der Waals surface area contributed by atoms with E-state index in [4.69, 9.17) is 0 Å². The van der Waals surface area contributed by atoms with Crippen LogP contribution in [0.2, 0.25) is 0 Å². The molecule has 0 aromatic heterocycles. The van der Waals surface area contributed by atoms with Gasteiger partial charge in [-0.2, -0.15) is 8.42 Å². The predicted molar refractivity (Wildman–Crippen MR) is 52.7 cm³/mol. The lowest BCUT2D eigenvalue weighted by molar-refractivity contribution is -0.115. The van der Waals surface area contributed by atoms with Gasteiger partial charge in [-0.3, -0.25) is 8.98 Å². The van der Waals surface area contributed by atoms with Gasteiger partial charge >= 0.3 is 10.3 Å². The fourth-order valence-corrected chi connectivity index (χ4v) is 1.37. The lowest BCUT2D eigenvalue weighted by Gasteiger charge is -2.08. The summed E-state index contributed by atoms with van der Waals surface area (Å²) in [6.07, 6.45) is 0. The van der Waals surface area contributed by atoms with Crippen LogP contribution in [0, 0.1) is 5.92 Å². The Morgan fingerprint density at radius 3 is 2.36 bits per heavy atom. The molecular weight excluding hydrogens is 206 g/mol. The zero-order chi connectivity index (χ0) is 11.4. The molecule has 0 spiro atoms. The maximum Gasteiger partial charge on any atom is 0.362 e. The van der Waals surface area contributed by atoms with E-state index in [-0.39, 0.29) is 18.1 Å². The van der Waals surface area contributed by atoms with Crippen LogP contribution in [0.3, 0.4) is 0 Å². The maximum atomic E-state index is 11.1. The van der Waals surface area contributed by atoms with E-state index in [9.17, 15) is 13.2 Å². The highest BCUT2D eigenvalue weighted by atomic mass is 32.2. The van der Waals surface area contributed by atoms with E-state index in [1.165, 1.54) is 6.92 Å². The van der Waals surface area contributed by atoms with Crippen LogP contribution in [0.4, 0.5) is 0 Å². The van der Waals surface area contributed by atoms with Crippen LogP contribution >= 0.6 is 0 Å². The van der Waals surface area contributed by atoms with E-state index < -0.39 is 16.2 Å². The van der Waals surface area contributed by atoms with Crippen molar-refractivity contribution in [1.29, 1.82) is 0 Å². The molecule has 0 heterocycles. The van der Waals surface area contributed by atoms with Crippen LogP contribution in [0.1, 0.15) is 20.8 Å². The van der Waals surface area contributed by atoms with Gasteiger partial charge in [-0.05, 0) is 12.8 Å². The van der Waals surface area contributed by atoms with Crippen molar-refractivity contribution >= 4 is 16.2 Å². The topological polar surface area (TPSA) is 72.5 Å². The smallest absolute Gasteiger partial charge is 0.269 e. The first-order valence-corrected chi connectivity index (χ1v) is 5.52. The zero-order valence-corrected chi connectivity index (χ0v) is 9.35. The predicted octanol–water partition coefficient (Wildman–Crippen LogP) is 0.596. The van der Waals surface area contributed by atoms with Crippen molar-refractivity contribution in [2.24, 2.45) is 5.92 Å². The van der Waals surface area contributed by atoms with Gasteiger partial charge in [0.15, 0.2) is 0 Å². The summed E-state index contributed by atoms with van der Waals surface area (Å²) in [4.78, 5) is 10.9. The molecule has 14 heavy (non-hydrogen) atoms. The van der Waals surface area contributed by atoms with Gasteiger partial charge in [-0.15, -0.1) is 0 Å². The molecule has 1 N–H and O–H groups in total. The molecule has 1 amide bonds. The van der Waals surface area contributed by atoms with Crippen molar-refractivity contribution in [3.63, 3.8) is 0 Å². The second-order valence-electron chi connectivity index (χ2n) is 3.34. The highest BCUT2D eigenvalue weighted by molar-refractivity contribution is 7.85. The first kappa shape index (κ1) is 13.1. The number of carbonyl (C=O) groups excluding carboxylic acids is 1. The van der Waals surface area contributed by atoms with Crippen molar-refractivity contribution in [2.75, 3.05) is 6.61 Å². The first-order valence-electron chi connectivity index (χ1n) is 4.11. The van der Waals surface area contributed by atoms with Crippen molar-refractivity contribution < 1.29 is 17.4 Å². The Hall–Kier alpha value is -0.880. The molecule has 5 nitrogen and oxygen atoms in total. The van der Waals surface area contributed by atoms with Gasteiger partial charge in [0, 0.05) is 5.57 Å². The summed E-state index contributed by atoms with van der Waals surface area (Å²) in [6.45, 7) is 8.36. The van der Waals surface area contributed by atoms with Crippen LogP contribution < -0.4 is 4.72 Å². The molecule has 0 aromatic rings. The van der Waals surface area contributed by atoms with Crippen LogP contribution in [0.25, 0.3) is 0 Å². The molecular formula is C8H15NO4S. The summed E-state index contributed by atoms with van der Waals surface area (Å²) in [5.74, 6) is -0.680. The van der Waals surface area contributed by atoms with Gasteiger partial charge in [0.2, 0.25) is 0 Å². The number of hydrogen-bond acceptors (Lipinski definition) is 4. The molecule has 0 aliphatic rings. The Balaban J connectivity index is 4.22. The van der Waals surface area contributed by atoms with Gasteiger partial charge in [0.1, 0.15) is 0 Å². The van der Waals surface area contributed by atoms with Gasteiger partial charge < -0.3 is 0 Å².